The van der Waals surface area contributed by atoms with Gasteiger partial charge < -0.3 is 20.1 Å². The smallest absolute Gasteiger partial charge is 0.150 e. The molecule has 130 valence electrons. The molecule has 0 radical (unpaired) electrons. The summed E-state index contributed by atoms with van der Waals surface area (Å²) in [6.07, 6.45) is 1.41. The Bertz CT molecular complexity index is 881. The first kappa shape index (κ1) is 16.9. The molecule has 25 heavy (non-hydrogen) atoms. The van der Waals surface area contributed by atoms with Gasteiger partial charge in [0.2, 0.25) is 0 Å². The number of ether oxygens (including phenoxy) is 1. The molecule has 0 aliphatic carbocycles. The van der Waals surface area contributed by atoms with Crippen molar-refractivity contribution in [3.63, 3.8) is 0 Å². The second-order valence-corrected chi connectivity index (χ2v) is 5.81. The average Bonchev–Trinajstić information content (AvgIpc) is 2.57. The maximum atomic E-state index is 14.0. The third-order valence-corrected chi connectivity index (χ3v) is 3.63. The van der Waals surface area contributed by atoms with Crippen molar-refractivity contribution in [3.8, 4) is 11.5 Å². The van der Waals surface area contributed by atoms with Gasteiger partial charge in [0.25, 0.3) is 0 Å². The van der Waals surface area contributed by atoms with Crippen molar-refractivity contribution in [1.29, 1.82) is 0 Å². The van der Waals surface area contributed by atoms with Gasteiger partial charge in [-0.2, -0.15) is 0 Å². The Morgan fingerprint density at radius 2 is 2.04 bits per heavy atom. The molecule has 3 rings (SSSR count). The standard InChI is InChI=1S/C18H19FN4O2/c1-23(2)8-9-25-16-5-3-4-15-17(16)18(21-11-20-15)22-14-7-6-12(24)10-13(14)19/h3-7,10-11,24H,8-9H2,1-2H3,(H,20,21,22). The number of halogens is 1. The van der Waals surface area contributed by atoms with Gasteiger partial charge in [-0.15, -0.1) is 0 Å². The van der Waals surface area contributed by atoms with Crippen LogP contribution in [-0.2, 0) is 0 Å². The lowest BCUT2D eigenvalue weighted by atomic mass is 10.2. The highest BCUT2D eigenvalue weighted by Crippen LogP contribution is 2.32. The van der Waals surface area contributed by atoms with E-state index in [-0.39, 0.29) is 11.4 Å². The average molecular weight is 342 g/mol. The molecule has 7 heteroatoms. The second-order valence-electron chi connectivity index (χ2n) is 5.81. The topological polar surface area (TPSA) is 70.5 Å². The van der Waals surface area contributed by atoms with E-state index >= 15 is 0 Å². The van der Waals surface area contributed by atoms with Gasteiger partial charge in [0.1, 0.15) is 36.1 Å². The molecule has 2 N–H and O–H groups in total. The molecular formula is C18H19FN4O2. The van der Waals surface area contributed by atoms with Gasteiger partial charge >= 0.3 is 0 Å². The van der Waals surface area contributed by atoms with Crippen LogP contribution in [0, 0.1) is 5.82 Å². The fraction of sp³-hybridized carbons (Fsp3) is 0.222. The molecular weight excluding hydrogens is 323 g/mol. The van der Waals surface area contributed by atoms with Gasteiger partial charge in [0.05, 0.1) is 16.6 Å². The summed E-state index contributed by atoms with van der Waals surface area (Å²) in [6, 6.07) is 9.43. The summed E-state index contributed by atoms with van der Waals surface area (Å²) < 4.78 is 19.9. The highest BCUT2D eigenvalue weighted by atomic mass is 19.1. The van der Waals surface area contributed by atoms with Crippen molar-refractivity contribution in [3.05, 3.63) is 48.5 Å². The number of aromatic hydroxyl groups is 1. The number of rotatable bonds is 6. The number of anilines is 2. The predicted molar refractivity (Wildman–Crippen MR) is 94.9 cm³/mol. The van der Waals surface area contributed by atoms with Gasteiger partial charge in [0.15, 0.2) is 0 Å². The third kappa shape index (κ3) is 3.95. The highest BCUT2D eigenvalue weighted by molar-refractivity contribution is 5.95. The number of nitrogens with zero attached hydrogens (tertiary/aromatic N) is 3. The molecule has 1 heterocycles. The lowest BCUT2D eigenvalue weighted by Crippen LogP contribution is -2.19. The zero-order chi connectivity index (χ0) is 17.8. The summed E-state index contributed by atoms with van der Waals surface area (Å²) in [5.41, 5.74) is 0.903. The largest absolute Gasteiger partial charge is 0.508 e. The molecule has 6 nitrogen and oxygen atoms in total. The SMILES string of the molecule is CN(C)CCOc1cccc2ncnc(Nc3ccc(O)cc3F)c12. The number of nitrogens with one attached hydrogen (secondary N) is 1. The van der Waals surface area contributed by atoms with Crippen molar-refractivity contribution < 1.29 is 14.2 Å². The minimum absolute atomic E-state index is 0.136. The molecule has 0 fully saturated rings. The number of hydrogen-bond donors (Lipinski definition) is 2. The Labute approximate surface area is 144 Å². The number of likely N-dealkylation sites (N-methyl/N-ethyl adjacent to an activating group) is 1. The van der Waals surface area contributed by atoms with Gasteiger partial charge in [-0.1, -0.05) is 6.07 Å². The van der Waals surface area contributed by atoms with Crippen LogP contribution in [0.15, 0.2) is 42.7 Å². The number of phenolic OH excluding ortho intramolecular Hbond substituents is 1. The minimum Gasteiger partial charge on any atom is -0.508 e. The number of hydrogen-bond acceptors (Lipinski definition) is 6. The Morgan fingerprint density at radius 3 is 2.80 bits per heavy atom. The van der Waals surface area contributed by atoms with Gasteiger partial charge in [-0.05, 0) is 38.4 Å². The summed E-state index contributed by atoms with van der Waals surface area (Å²) >= 11 is 0. The predicted octanol–water partition coefficient (Wildman–Crippen LogP) is 3.16. The van der Waals surface area contributed by atoms with Gasteiger partial charge in [-0.3, -0.25) is 0 Å². The fourth-order valence-electron chi connectivity index (χ4n) is 2.36. The summed E-state index contributed by atoms with van der Waals surface area (Å²) in [5.74, 6) is 0.359. The van der Waals surface area contributed by atoms with Crippen LogP contribution in [0.5, 0.6) is 11.5 Å². The molecule has 0 amide bonds. The zero-order valence-electron chi connectivity index (χ0n) is 14.0. The van der Waals surface area contributed by atoms with E-state index in [0.717, 1.165) is 12.6 Å². The van der Waals surface area contributed by atoms with Crippen LogP contribution in [0.1, 0.15) is 0 Å². The molecule has 0 saturated heterocycles. The van der Waals surface area contributed by atoms with E-state index in [9.17, 15) is 9.50 Å². The first-order valence-electron chi connectivity index (χ1n) is 7.81. The van der Waals surface area contributed by atoms with Crippen molar-refractivity contribution in [2.75, 3.05) is 32.6 Å². The molecule has 0 atom stereocenters. The minimum atomic E-state index is -0.572. The zero-order valence-corrected chi connectivity index (χ0v) is 14.0. The Balaban J connectivity index is 1.97. The quantitative estimate of drug-likeness (QED) is 0.671. The summed E-state index contributed by atoms with van der Waals surface area (Å²) in [7, 11) is 3.94. The van der Waals surface area contributed by atoms with Crippen molar-refractivity contribution >= 4 is 22.4 Å². The van der Waals surface area contributed by atoms with Crippen molar-refractivity contribution in [2.45, 2.75) is 0 Å². The van der Waals surface area contributed by atoms with Crippen LogP contribution in [-0.4, -0.2) is 47.2 Å². The molecule has 0 spiro atoms. The molecule has 3 aromatic rings. The Kier molecular flexibility index (Phi) is 4.95. The fourth-order valence-corrected chi connectivity index (χ4v) is 2.36. The summed E-state index contributed by atoms with van der Waals surface area (Å²) in [5, 5.41) is 13.0. The van der Waals surface area contributed by atoms with E-state index in [4.69, 9.17) is 4.74 Å². The molecule has 1 aromatic heterocycles. The highest BCUT2D eigenvalue weighted by Gasteiger charge is 2.12. The normalized spacial score (nSPS) is 11.0. The Hall–Kier alpha value is -2.93. The van der Waals surface area contributed by atoms with Crippen LogP contribution in [0.2, 0.25) is 0 Å². The van der Waals surface area contributed by atoms with E-state index < -0.39 is 5.82 Å². The van der Waals surface area contributed by atoms with Crippen LogP contribution < -0.4 is 10.1 Å². The second kappa shape index (κ2) is 7.31. The van der Waals surface area contributed by atoms with E-state index in [2.05, 4.69) is 15.3 Å². The van der Waals surface area contributed by atoms with Gasteiger partial charge in [-0.25, -0.2) is 14.4 Å². The number of benzene rings is 2. The van der Waals surface area contributed by atoms with Crippen LogP contribution in [0.25, 0.3) is 10.9 Å². The number of aromatic nitrogens is 2. The maximum absolute atomic E-state index is 14.0. The molecule has 0 unspecified atom stereocenters. The third-order valence-electron chi connectivity index (χ3n) is 3.63. The molecule has 0 aliphatic rings. The first-order chi connectivity index (χ1) is 12.0. The van der Waals surface area contributed by atoms with E-state index in [0.29, 0.717) is 29.1 Å². The van der Waals surface area contributed by atoms with E-state index in [1.165, 1.54) is 18.5 Å². The monoisotopic (exact) mass is 342 g/mol. The summed E-state index contributed by atoms with van der Waals surface area (Å²) in [4.78, 5) is 10.5. The lowest BCUT2D eigenvalue weighted by Gasteiger charge is -2.15. The summed E-state index contributed by atoms with van der Waals surface area (Å²) in [6.45, 7) is 1.27. The van der Waals surface area contributed by atoms with Crippen LogP contribution in [0.3, 0.4) is 0 Å². The van der Waals surface area contributed by atoms with E-state index in [1.54, 1.807) is 0 Å². The first-order valence-corrected chi connectivity index (χ1v) is 7.81. The number of fused-ring (bicyclic) bond motifs is 1. The maximum Gasteiger partial charge on any atom is 0.150 e. The molecule has 0 bridgehead atoms. The van der Waals surface area contributed by atoms with E-state index in [1.807, 2.05) is 37.2 Å². The molecule has 0 aliphatic heterocycles. The molecule has 0 saturated carbocycles. The lowest BCUT2D eigenvalue weighted by molar-refractivity contribution is 0.263. The number of phenols is 1. The Morgan fingerprint density at radius 1 is 1.20 bits per heavy atom. The van der Waals surface area contributed by atoms with Crippen molar-refractivity contribution in [2.24, 2.45) is 0 Å². The van der Waals surface area contributed by atoms with Gasteiger partial charge in [0, 0.05) is 12.6 Å². The van der Waals surface area contributed by atoms with Crippen molar-refractivity contribution in [1.82, 2.24) is 14.9 Å². The van der Waals surface area contributed by atoms with Crippen LogP contribution in [0.4, 0.5) is 15.9 Å². The molecule has 2 aromatic carbocycles. The van der Waals surface area contributed by atoms with Crippen LogP contribution >= 0.6 is 0 Å².